The molecule has 1 saturated heterocycles. The molecule has 24 heavy (non-hydrogen) atoms. The Morgan fingerprint density at radius 1 is 1.17 bits per heavy atom. The maximum absolute atomic E-state index is 13.0. The highest BCUT2D eigenvalue weighted by Crippen LogP contribution is 2.49. The molecular weight excluding hydrogens is 302 g/mol. The van der Waals surface area contributed by atoms with E-state index in [4.69, 9.17) is 4.52 Å². The second-order valence-corrected chi connectivity index (χ2v) is 6.75. The van der Waals surface area contributed by atoms with Gasteiger partial charge in [0, 0.05) is 37.8 Å². The van der Waals surface area contributed by atoms with Crippen LogP contribution in [0.5, 0.6) is 0 Å². The van der Waals surface area contributed by atoms with Gasteiger partial charge in [0.05, 0.1) is 11.1 Å². The van der Waals surface area contributed by atoms with Crippen molar-refractivity contribution in [1.82, 2.24) is 15.0 Å². The molecule has 0 N–H and O–H groups in total. The third-order valence-corrected chi connectivity index (χ3v) is 5.32. The minimum absolute atomic E-state index is 0.228. The SMILES string of the molecule is CCN1CCN(C(=O)C2(c3cc(-c4ccccc4)on3)CC2)CC1. The average Bonchev–Trinajstić information content (AvgIpc) is 3.31. The first kappa shape index (κ1) is 15.4. The first-order valence-corrected chi connectivity index (χ1v) is 8.77. The highest BCUT2D eigenvalue weighted by molar-refractivity contribution is 5.91. The Morgan fingerprint density at radius 2 is 1.88 bits per heavy atom. The molecule has 126 valence electrons. The minimum atomic E-state index is -0.440. The lowest BCUT2D eigenvalue weighted by atomic mass is 9.99. The maximum Gasteiger partial charge on any atom is 0.235 e. The molecule has 1 aliphatic heterocycles. The molecule has 0 spiro atoms. The molecule has 2 aliphatic rings. The van der Waals surface area contributed by atoms with Crippen LogP contribution in [0.25, 0.3) is 11.3 Å². The van der Waals surface area contributed by atoms with Gasteiger partial charge in [-0.2, -0.15) is 0 Å². The fourth-order valence-electron chi connectivity index (χ4n) is 3.51. The third-order valence-electron chi connectivity index (χ3n) is 5.32. The molecule has 0 unspecified atom stereocenters. The van der Waals surface area contributed by atoms with Gasteiger partial charge in [0.15, 0.2) is 5.76 Å². The summed E-state index contributed by atoms with van der Waals surface area (Å²) in [4.78, 5) is 17.4. The Morgan fingerprint density at radius 3 is 2.50 bits per heavy atom. The van der Waals surface area contributed by atoms with Crippen LogP contribution in [-0.4, -0.2) is 53.6 Å². The number of hydrogen-bond acceptors (Lipinski definition) is 4. The standard InChI is InChI=1S/C19H23N3O2/c1-2-21-10-12-22(13-11-21)18(23)19(8-9-19)17-14-16(24-20-17)15-6-4-3-5-7-15/h3-7,14H,2,8-13H2,1H3. The Kier molecular flexibility index (Phi) is 3.88. The molecular formula is C19H23N3O2. The van der Waals surface area contributed by atoms with Crippen molar-refractivity contribution in [1.29, 1.82) is 0 Å². The topological polar surface area (TPSA) is 49.6 Å². The quantitative estimate of drug-likeness (QED) is 0.867. The predicted octanol–water partition coefficient (Wildman–Crippen LogP) is 2.54. The van der Waals surface area contributed by atoms with Crippen LogP contribution < -0.4 is 0 Å². The van der Waals surface area contributed by atoms with Gasteiger partial charge in [-0.15, -0.1) is 0 Å². The van der Waals surface area contributed by atoms with E-state index in [2.05, 4.69) is 17.0 Å². The molecule has 1 aliphatic carbocycles. The van der Waals surface area contributed by atoms with Gasteiger partial charge in [-0.1, -0.05) is 42.4 Å². The number of nitrogens with zero attached hydrogens (tertiary/aromatic N) is 3. The number of carbonyl (C=O) groups is 1. The van der Waals surface area contributed by atoms with E-state index in [1.54, 1.807) is 0 Å². The summed E-state index contributed by atoms with van der Waals surface area (Å²) in [6.45, 7) is 6.78. The van der Waals surface area contributed by atoms with Gasteiger partial charge in [-0.25, -0.2) is 0 Å². The molecule has 5 nitrogen and oxygen atoms in total. The summed E-state index contributed by atoms with van der Waals surface area (Å²) in [6.07, 6.45) is 1.75. The van der Waals surface area contributed by atoms with Gasteiger partial charge in [0.2, 0.25) is 5.91 Å². The second kappa shape index (κ2) is 6.06. The normalized spacial score (nSPS) is 20.1. The number of rotatable bonds is 4. The zero-order valence-electron chi connectivity index (χ0n) is 14.1. The van der Waals surface area contributed by atoms with Crippen molar-refractivity contribution >= 4 is 5.91 Å². The van der Waals surface area contributed by atoms with E-state index >= 15 is 0 Å². The molecule has 2 fully saturated rings. The molecule has 5 heteroatoms. The Labute approximate surface area is 142 Å². The number of amides is 1. The van der Waals surface area contributed by atoms with Gasteiger partial charge < -0.3 is 14.3 Å². The first-order chi connectivity index (χ1) is 11.7. The highest BCUT2D eigenvalue weighted by atomic mass is 16.5. The summed E-state index contributed by atoms with van der Waals surface area (Å²) in [5.74, 6) is 0.964. The van der Waals surface area contributed by atoms with Crippen molar-refractivity contribution < 1.29 is 9.32 Å². The lowest BCUT2D eigenvalue weighted by Crippen LogP contribution is -2.51. The van der Waals surface area contributed by atoms with E-state index in [-0.39, 0.29) is 5.91 Å². The minimum Gasteiger partial charge on any atom is -0.356 e. The summed E-state index contributed by atoms with van der Waals surface area (Å²) >= 11 is 0. The largest absolute Gasteiger partial charge is 0.356 e. The van der Waals surface area contributed by atoms with E-state index in [0.29, 0.717) is 0 Å². The lowest BCUT2D eigenvalue weighted by Gasteiger charge is -2.35. The van der Waals surface area contributed by atoms with Gasteiger partial charge in [-0.05, 0) is 19.4 Å². The Balaban J connectivity index is 1.52. The summed E-state index contributed by atoms with van der Waals surface area (Å²) < 4.78 is 5.52. The smallest absolute Gasteiger partial charge is 0.235 e. The molecule has 1 aromatic heterocycles. The van der Waals surface area contributed by atoms with Crippen LogP contribution in [0.15, 0.2) is 40.9 Å². The Hall–Kier alpha value is -2.14. The molecule has 0 atom stereocenters. The molecule has 2 aromatic rings. The van der Waals surface area contributed by atoms with Crippen molar-refractivity contribution in [2.75, 3.05) is 32.7 Å². The van der Waals surface area contributed by atoms with Crippen LogP contribution in [0, 0.1) is 0 Å². The number of benzene rings is 1. The number of likely N-dealkylation sites (N-methyl/N-ethyl adjacent to an activating group) is 1. The van der Waals surface area contributed by atoms with Gasteiger partial charge in [0.1, 0.15) is 0 Å². The van der Waals surface area contributed by atoms with Crippen LogP contribution in [0.4, 0.5) is 0 Å². The molecule has 1 aromatic carbocycles. The summed E-state index contributed by atoms with van der Waals surface area (Å²) in [5.41, 5.74) is 1.35. The first-order valence-electron chi connectivity index (χ1n) is 8.77. The lowest BCUT2D eigenvalue weighted by molar-refractivity contribution is -0.135. The van der Waals surface area contributed by atoms with Gasteiger partial charge in [-0.3, -0.25) is 4.79 Å². The second-order valence-electron chi connectivity index (χ2n) is 6.75. The fourth-order valence-corrected chi connectivity index (χ4v) is 3.51. The van der Waals surface area contributed by atoms with E-state index in [0.717, 1.165) is 62.6 Å². The van der Waals surface area contributed by atoms with Crippen molar-refractivity contribution in [3.8, 4) is 11.3 Å². The van der Waals surface area contributed by atoms with E-state index in [1.807, 2.05) is 41.3 Å². The molecule has 1 amide bonds. The fraction of sp³-hybridized carbons (Fsp3) is 0.474. The molecule has 4 rings (SSSR count). The van der Waals surface area contributed by atoms with Crippen molar-refractivity contribution in [3.05, 3.63) is 42.1 Å². The summed E-state index contributed by atoms with van der Waals surface area (Å²) in [6, 6.07) is 11.9. The maximum atomic E-state index is 13.0. The van der Waals surface area contributed by atoms with Crippen LogP contribution in [-0.2, 0) is 10.2 Å². The van der Waals surface area contributed by atoms with Crippen LogP contribution >= 0.6 is 0 Å². The summed E-state index contributed by atoms with van der Waals surface area (Å²) in [7, 11) is 0. The number of piperazine rings is 1. The van der Waals surface area contributed by atoms with Crippen molar-refractivity contribution in [3.63, 3.8) is 0 Å². The van der Waals surface area contributed by atoms with Crippen LogP contribution in [0.2, 0.25) is 0 Å². The third kappa shape index (κ3) is 2.63. The van der Waals surface area contributed by atoms with Crippen molar-refractivity contribution in [2.24, 2.45) is 0 Å². The van der Waals surface area contributed by atoms with Crippen molar-refractivity contribution in [2.45, 2.75) is 25.2 Å². The number of carbonyl (C=O) groups excluding carboxylic acids is 1. The molecule has 0 bridgehead atoms. The monoisotopic (exact) mass is 325 g/mol. The van der Waals surface area contributed by atoms with Crippen LogP contribution in [0.1, 0.15) is 25.5 Å². The number of hydrogen-bond donors (Lipinski definition) is 0. The number of aromatic nitrogens is 1. The zero-order valence-corrected chi connectivity index (χ0v) is 14.1. The highest BCUT2D eigenvalue weighted by Gasteiger charge is 2.55. The molecule has 0 radical (unpaired) electrons. The zero-order chi connectivity index (χ0) is 16.6. The van der Waals surface area contributed by atoms with E-state index in [1.165, 1.54) is 0 Å². The van der Waals surface area contributed by atoms with E-state index in [9.17, 15) is 4.79 Å². The van der Waals surface area contributed by atoms with Gasteiger partial charge >= 0.3 is 0 Å². The van der Waals surface area contributed by atoms with Gasteiger partial charge in [0.25, 0.3) is 0 Å². The summed E-state index contributed by atoms with van der Waals surface area (Å²) in [5, 5.41) is 4.24. The Bertz CT molecular complexity index is 713. The molecule has 2 heterocycles. The van der Waals surface area contributed by atoms with E-state index < -0.39 is 5.41 Å². The average molecular weight is 325 g/mol. The van der Waals surface area contributed by atoms with Crippen LogP contribution in [0.3, 0.4) is 0 Å². The molecule has 1 saturated carbocycles. The predicted molar refractivity (Wildman–Crippen MR) is 91.5 cm³/mol.